The first-order valence-electron chi connectivity index (χ1n) is 8.81. The van der Waals surface area contributed by atoms with Crippen LogP contribution in [-0.4, -0.2) is 52.1 Å². The largest absolute Gasteiger partial charge is 0.382 e. The van der Waals surface area contributed by atoms with Crippen molar-refractivity contribution in [3.63, 3.8) is 0 Å². The molecule has 5 heterocycles. The van der Waals surface area contributed by atoms with Crippen LogP contribution in [0.25, 0.3) is 21.9 Å². The van der Waals surface area contributed by atoms with Gasteiger partial charge in [0.05, 0.1) is 17.4 Å². The minimum absolute atomic E-state index is 0.620. The van der Waals surface area contributed by atoms with Gasteiger partial charge in [0.2, 0.25) is 0 Å². The highest BCUT2D eigenvalue weighted by Gasteiger charge is 2.29. The minimum atomic E-state index is 0.620. The molecule has 0 atom stereocenters. The Morgan fingerprint density at radius 3 is 2.71 bits per heavy atom. The Labute approximate surface area is 140 Å². The van der Waals surface area contributed by atoms with Crippen molar-refractivity contribution in [1.82, 2.24) is 19.9 Å². The first-order valence-corrected chi connectivity index (χ1v) is 8.81. The van der Waals surface area contributed by atoms with Crippen molar-refractivity contribution in [2.24, 2.45) is 0 Å². The van der Waals surface area contributed by atoms with Crippen LogP contribution in [0, 0.1) is 0 Å². The molecule has 124 valence electrons. The first-order chi connectivity index (χ1) is 11.8. The summed E-state index contributed by atoms with van der Waals surface area (Å²) in [5.74, 6) is 0.620. The first kappa shape index (κ1) is 14.0. The molecule has 0 spiro atoms. The number of nitrogens with two attached hydrogens (primary N) is 1. The van der Waals surface area contributed by atoms with Crippen molar-refractivity contribution in [2.75, 3.05) is 36.8 Å². The van der Waals surface area contributed by atoms with E-state index in [9.17, 15) is 0 Å². The van der Waals surface area contributed by atoms with E-state index in [2.05, 4.69) is 30.8 Å². The molecule has 24 heavy (non-hydrogen) atoms. The summed E-state index contributed by atoms with van der Waals surface area (Å²) in [5.41, 5.74) is 9.29. The maximum atomic E-state index is 6.30. The maximum Gasteiger partial charge on any atom is 0.147 e. The summed E-state index contributed by atoms with van der Waals surface area (Å²) in [4.78, 5) is 17.3. The van der Waals surface area contributed by atoms with E-state index in [-0.39, 0.29) is 0 Å². The normalized spacial score (nSPS) is 19.9. The molecule has 0 unspecified atom stereocenters. The van der Waals surface area contributed by atoms with Crippen LogP contribution in [0.1, 0.15) is 19.3 Å². The van der Waals surface area contributed by atoms with Crippen molar-refractivity contribution in [2.45, 2.75) is 25.3 Å². The zero-order valence-electron chi connectivity index (χ0n) is 13.7. The third-order valence-electron chi connectivity index (χ3n) is 5.60. The second-order valence-corrected chi connectivity index (χ2v) is 6.91. The smallest absolute Gasteiger partial charge is 0.147 e. The lowest BCUT2D eigenvalue weighted by atomic mass is 9.99. The number of fused-ring (bicyclic) bond motifs is 3. The van der Waals surface area contributed by atoms with Crippen LogP contribution in [0.3, 0.4) is 0 Å². The molecule has 2 aliphatic heterocycles. The fourth-order valence-electron chi connectivity index (χ4n) is 4.20. The molecule has 0 radical (unpaired) electrons. The molecular formula is C18H22N6. The van der Waals surface area contributed by atoms with Gasteiger partial charge in [0.15, 0.2) is 0 Å². The summed E-state index contributed by atoms with van der Waals surface area (Å²) in [5, 5.41) is 2.29. The van der Waals surface area contributed by atoms with Crippen LogP contribution in [0.2, 0.25) is 0 Å². The van der Waals surface area contributed by atoms with Gasteiger partial charge in [-0.25, -0.2) is 9.97 Å². The summed E-state index contributed by atoms with van der Waals surface area (Å²) in [6, 6.07) is 4.83. The summed E-state index contributed by atoms with van der Waals surface area (Å²) in [7, 11) is 0. The van der Waals surface area contributed by atoms with Gasteiger partial charge in [0.25, 0.3) is 0 Å². The molecule has 3 N–H and O–H groups in total. The number of hydrogen-bond donors (Lipinski definition) is 2. The van der Waals surface area contributed by atoms with Gasteiger partial charge in [-0.15, -0.1) is 0 Å². The zero-order valence-corrected chi connectivity index (χ0v) is 13.7. The molecule has 3 aromatic heterocycles. The molecule has 5 rings (SSSR count). The quantitative estimate of drug-likeness (QED) is 0.758. The van der Waals surface area contributed by atoms with E-state index in [1.54, 1.807) is 0 Å². The third kappa shape index (κ3) is 2.06. The van der Waals surface area contributed by atoms with Gasteiger partial charge in [-0.3, -0.25) is 0 Å². The van der Waals surface area contributed by atoms with E-state index in [1.165, 1.54) is 32.4 Å². The van der Waals surface area contributed by atoms with Crippen LogP contribution in [0.15, 0.2) is 24.5 Å². The summed E-state index contributed by atoms with van der Waals surface area (Å²) in [6.45, 7) is 4.63. The van der Waals surface area contributed by atoms with Crippen LogP contribution in [-0.2, 0) is 0 Å². The van der Waals surface area contributed by atoms with Crippen LogP contribution in [0.5, 0.6) is 0 Å². The number of hydrogen-bond acceptors (Lipinski definition) is 5. The van der Waals surface area contributed by atoms with E-state index in [4.69, 9.17) is 5.73 Å². The van der Waals surface area contributed by atoms with E-state index in [1.807, 2.05) is 18.5 Å². The fraction of sp³-hybridized carbons (Fsp3) is 0.444. The number of aromatic amines is 1. The van der Waals surface area contributed by atoms with Crippen LogP contribution < -0.4 is 10.6 Å². The summed E-state index contributed by atoms with van der Waals surface area (Å²) < 4.78 is 0. The molecule has 0 aromatic carbocycles. The lowest BCUT2D eigenvalue weighted by Crippen LogP contribution is -2.50. The van der Waals surface area contributed by atoms with E-state index < -0.39 is 0 Å². The number of likely N-dealkylation sites (tertiary alicyclic amines) is 1. The molecule has 0 aliphatic carbocycles. The maximum absolute atomic E-state index is 6.30. The fourth-order valence-corrected chi connectivity index (χ4v) is 4.20. The van der Waals surface area contributed by atoms with Crippen LogP contribution >= 0.6 is 0 Å². The summed E-state index contributed by atoms with van der Waals surface area (Å²) in [6.07, 6.45) is 7.40. The van der Waals surface area contributed by atoms with E-state index in [0.717, 1.165) is 46.8 Å². The van der Waals surface area contributed by atoms with Crippen molar-refractivity contribution in [3.8, 4) is 0 Å². The molecular weight excluding hydrogens is 300 g/mol. The van der Waals surface area contributed by atoms with Crippen molar-refractivity contribution >= 4 is 33.4 Å². The van der Waals surface area contributed by atoms with Gasteiger partial charge in [-0.05, 0) is 44.5 Å². The molecule has 0 saturated carbocycles. The number of pyridine rings is 2. The Bertz CT molecular complexity index is 889. The van der Waals surface area contributed by atoms with Gasteiger partial charge in [0, 0.05) is 36.1 Å². The highest BCUT2D eigenvalue weighted by atomic mass is 15.2. The molecule has 2 aliphatic rings. The second kappa shape index (κ2) is 5.34. The Morgan fingerprint density at radius 2 is 1.96 bits per heavy atom. The standard InChI is InChI=1S/C18H22N6/c19-17-16(24-9-4-12(5-10-24)23-7-2-8-23)15-13-3-1-6-20-18(13)22-14(15)11-21-17/h1,3,6,11-12H,2,4-5,7-10H2,(H2,19,21)(H,20,22). The molecule has 6 nitrogen and oxygen atoms in total. The highest BCUT2D eigenvalue weighted by Crippen LogP contribution is 2.37. The third-order valence-corrected chi connectivity index (χ3v) is 5.60. The monoisotopic (exact) mass is 322 g/mol. The number of nitrogens with zero attached hydrogens (tertiary/aromatic N) is 4. The number of nitrogens with one attached hydrogen (secondary N) is 1. The molecule has 6 heteroatoms. The average Bonchev–Trinajstić information content (AvgIpc) is 2.93. The van der Waals surface area contributed by atoms with Gasteiger partial charge in [0.1, 0.15) is 11.5 Å². The Hall–Kier alpha value is -2.34. The predicted molar refractivity (Wildman–Crippen MR) is 97.2 cm³/mol. The highest BCUT2D eigenvalue weighted by molar-refractivity contribution is 6.14. The van der Waals surface area contributed by atoms with Gasteiger partial charge < -0.3 is 20.5 Å². The molecule has 0 amide bonds. The van der Waals surface area contributed by atoms with Gasteiger partial charge in [-0.2, -0.15) is 0 Å². The van der Waals surface area contributed by atoms with E-state index in [0.29, 0.717) is 5.82 Å². The number of rotatable bonds is 2. The number of H-pyrrole nitrogens is 1. The Morgan fingerprint density at radius 1 is 1.12 bits per heavy atom. The van der Waals surface area contributed by atoms with Crippen molar-refractivity contribution < 1.29 is 0 Å². The minimum Gasteiger partial charge on any atom is -0.382 e. The molecule has 2 saturated heterocycles. The van der Waals surface area contributed by atoms with Crippen LogP contribution in [0.4, 0.5) is 11.5 Å². The number of aromatic nitrogens is 3. The Balaban J connectivity index is 1.55. The molecule has 3 aromatic rings. The van der Waals surface area contributed by atoms with E-state index >= 15 is 0 Å². The predicted octanol–water partition coefficient (Wildman–Crippen LogP) is 2.37. The number of nitrogen functional groups attached to an aromatic ring is 1. The summed E-state index contributed by atoms with van der Waals surface area (Å²) >= 11 is 0. The second-order valence-electron chi connectivity index (χ2n) is 6.91. The molecule has 0 bridgehead atoms. The van der Waals surface area contributed by atoms with Gasteiger partial charge >= 0.3 is 0 Å². The molecule has 2 fully saturated rings. The van der Waals surface area contributed by atoms with Gasteiger partial charge in [-0.1, -0.05) is 0 Å². The zero-order chi connectivity index (χ0) is 16.1. The van der Waals surface area contributed by atoms with Crippen molar-refractivity contribution in [3.05, 3.63) is 24.5 Å². The topological polar surface area (TPSA) is 74.1 Å². The number of piperidine rings is 1. The van der Waals surface area contributed by atoms with Crippen molar-refractivity contribution in [1.29, 1.82) is 0 Å². The number of anilines is 2. The lowest BCUT2D eigenvalue weighted by Gasteiger charge is -2.43. The SMILES string of the molecule is Nc1ncc2[nH]c3ncccc3c2c1N1CCC(N2CCC2)CC1. The Kier molecular flexibility index (Phi) is 3.13. The average molecular weight is 322 g/mol. The lowest BCUT2D eigenvalue weighted by molar-refractivity contribution is 0.100.